The third-order valence-electron chi connectivity index (χ3n) is 2.85. The summed E-state index contributed by atoms with van der Waals surface area (Å²) in [6.07, 6.45) is 0. The molecule has 0 radical (unpaired) electrons. The van der Waals surface area contributed by atoms with Crippen molar-refractivity contribution >= 4 is 44.9 Å². The SMILES string of the molecule is COc1ccc(Cl)cc1S(=O)(=O)Oc1ccc(Cl)cc1NC(C)=O. The molecule has 2 rings (SSSR count). The molecule has 0 aromatic heterocycles. The van der Waals surface area contributed by atoms with Gasteiger partial charge in [-0.25, -0.2) is 0 Å². The Morgan fingerprint density at radius 3 is 2.21 bits per heavy atom. The molecule has 1 N–H and O–H groups in total. The molecule has 0 atom stereocenters. The zero-order valence-corrected chi connectivity index (χ0v) is 15.0. The molecule has 0 unspecified atom stereocenters. The molecular weight excluding hydrogens is 377 g/mol. The van der Waals surface area contributed by atoms with Crippen molar-refractivity contribution in [3.63, 3.8) is 0 Å². The van der Waals surface area contributed by atoms with Crippen LogP contribution in [0.15, 0.2) is 41.3 Å². The van der Waals surface area contributed by atoms with E-state index in [1.807, 2.05) is 0 Å². The predicted molar refractivity (Wildman–Crippen MR) is 91.6 cm³/mol. The second-order valence-corrected chi connectivity index (χ2v) is 7.04. The number of carbonyl (C=O) groups is 1. The molecule has 0 bridgehead atoms. The van der Waals surface area contributed by atoms with Gasteiger partial charge in [0.25, 0.3) is 0 Å². The highest BCUT2D eigenvalue weighted by Crippen LogP contribution is 2.33. The van der Waals surface area contributed by atoms with Crippen LogP contribution in [0.25, 0.3) is 0 Å². The monoisotopic (exact) mass is 389 g/mol. The lowest BCUT2D eigenvalue weighted by molar-refractivity contribution is -0.114. The van der Waals surface area contributed by atoms with Crippen LogP contribution in [0, 0.1) is 0 Å². The van der Waals surface area contributed by atoms with Crippen molar-refractivity contribution in [3.8, 4) is 11.5 Å². The molecule has 0 fully saturated rings. The van der Waals surface area contributed by atoms with E-state index in [2.05, 4.69) is 5.32 Å². The molecule has 0 saturated carbocycles. The molecule has 24 heavy (non-hydrogen) atoms. The fraction of sp³-hybridized carbons (Fsp3) is 0.133. The number of rotatable bonds is 5. The van der Waals surface area contributed by atoms with Crippen molar-refractivity contribution in [3.05, 3.63) is 46.4 Å². The lowest BCUT2D eigenvalue weighted by Crippen LogP contribution is -2.14. The zero-order valence-electron chi connectivity index (χ0n) is 12.7. The van der Waals surface area contributed by atoms with Crippen LogP contribution in [-0.4, -0.2) is 21.4 Å². The average molecular weight is 390 g/mol. The quantitative estimate of drug-likeness (QED) is 0.787. The van der Waals surface area contributed by atoms with Gasteiger partial charge in [-0.05, 0) is 36.4 Å². The van der Waals surface area contributed by atoms with Crippen molar-refractivity contribution in [2.45, 2.75) is 11.8 Å². The van der Waals surface area contributed by atoms with Gasteiger partial charge in [0.1, 0.15) is 10.6 Å². The number of carbonyl (C=O) groups excluding carboxylic acids is 1. The van der Waals surface area contributed by atoms with E-state index in [1.165, 1.54) is 50.4 Å². The van der Waals surface area contributed by atoms with Crippen molar-refractivity contribution in [2.24, 2.45) is 0 Å². The van der Waals surface area contributed by atoms with Crippen molar-refractivity contribution in [1.82, 2.24) is 0 Å². The summed E-state index contributed by atoms with van der Waals surface area (Å²) < 4.78 is 35.3. The smallest absolute Gasteiger partial charge is 0.343 e. The van der Waals surface area contributed by atoms with Gasteiger partial charge < -0.3 is 14.2 Å². The van der Waals surface area contributed by atoms with E-state index < -0.39 is 16.0 Å². The summed E-state index contributed by atoms with van der Waals surface area (Å²) in [5.74, 6) is -0.411. The number of halogens is 2. The molecule has 128 valence electrons. The summed E-state index contributed by atoms with van der Waals surface area (Å²) in [6, 6.07) is 8.27. The summed E-state index contributed by atoms with van der Waals surface area (Å²) in [6.45, 7) is 1.28. The first-order valence-corrected chi connectivity index (χ1v) is 8.74. The van der Waals surface area contributed by atoms with E-state index in [9.17, 15) is 13.2 Å². The number of amides is 1. The summed E-state index contributed by atoms with van der Waals surface area (Å²) in [5, 5.41) is 2.97. The number of ether oxygens (including phenoxy) is 1. The molecule has 2 aromatic carbocycles. The highest BCUT2D eigenvalue weighted by Gasteiger charge is 2.24. The maximum atomic E-state index is 12.5. The van der Waals surface area contributed by atoms with Gasteiger partial charge in [-0.1, -0.05) is 23.2 Å². The maximum absolute atomic E-state index is 12.5. The summed E-state index contributed by atoms with van der Waals surface area (Å²) in [5.41, 5.74) is 0.125. The zero-order chi connectivity index (χ0) is 17.9. The number of hydrogen-bond acceptors (Lipinski definition) is 5. The minimum atomic E-state index is -4.25. The van der Waals surface area contributed by atoms with Crippen LogP contribution >= 0.6 is 23.2 Å². The maximum Gasteiger partial charge on any atom is 0.343 e. The largest absolute Gasteiger partial charge is 0.495 e. The molecule has 6 nitrogen and oxygen atoms in total. The third kappa shape index (κ3) is 4.31. The van der Waals surface area contributed by atoms with E-state index in [4.69, 9.17) is 32.1 Å². The Labute approximate surface area is 149 Å². The van der Waals surface area contributed by atoms with Crippen LogP contribution in [0.3, 0.4) is 0 Å². The van der Waals surface area contributed by atoms with Crippen LogP contribution < -0.4 is 14.2 Å². The molecule has 1 amide bonds. The van der Waals surface area contributed by atoms with Gasteiger partial charge in [0, 0.05) is 17.0 Å². The van der Waals surface area contributed by atoms with E-state index in [0.29, 0.717) is 5.02 Å². The second-order valence-electron chi connectivity index (χ2n) is 4.65. The molecule has 0 aliphatic heterocycles. The van der Waals surface area contributed by atoms with Gasteiger partial charge >= 0.3 is 10.1 Å². The Kier molecular flexibility index (Phi) is 5.58. The van der Waals surface area contributed by atoms with Crippen LogP contribution in [0.1, 0.15) is 6.92 Å². The average Bonchev–Trinajstić information content (AvgIpc) is 2.49. The van der Waals surface area contributed by atoms with Gasteiger partial charge in [0.15, 0.2) is 5.75 Å². The molecule has 0 aliphatic rings. The predicted octanol–water partition coefficient (Wildman–Crippen LogP) is 3.73. The standard InChI is InChI=1S/C15H13Cl2NO5S/c1-9(19)18-12-7-10(16)3-5-13(12)23-24(20,21)15-8-11(17)4-6-14(15)22-2/h3-8H,1-2H3,(H,18,19). The highest BCUT2D eigenvalue weighted by molar-refractivity contribution is 7.87. The van der Waals surface area contributed by atoms with E-state index in [-0.39, 0.29) is 27.1 Å². The number of benzene rings is 2. The van der Waals surface area contributed by atoms with Crippen molar-refractivity contribution < 1.29 is 22.1 Å². The number of nitrogens with one attached hydrogen (secondary N) is 1. The minimum Gasteiger partial charge on any atom is -0.495 e. The van der Waals surface area contributed by atoms with Crippen LogP contribution in [0.4, 0.5) is 5.69 Å². The molecule has 0 saturated heterocycles. The Morgan fingerprint density at radius 2 is 1.62 bits per heavy atom. The molecular formula is C15H13Cl2NO5S. The summed E-state index contributed by atoms with van der Waals surface area (Å²) in [4.78, 5) is 11.0. The molecule has 2 aromatic rings. The Bertz CT molecular complexity index is 883. The molecule has 0 spiro atoms. The summed E-state index contributed by atoms with van der Waals surface area (Å²) >= 11 is 11.7. The lowest BCUT2D eigenvalue weighted by atomic mass is 10.3. The summed E-state index contributed by atoms with van der Waals surface area (Å²) in [7, 11) is -2.93. The Hall–Kier alpha value is -1.96. The number of methoxy groups -OCH3 is 1. The second kappa shape index (κ2) is 7.29. The van der Waals surface area contributed by atoms with Crippen molar-refractivity contribution in [2.75, 3.05) is 12.4 Å². The highest BCUT2D eigenvalue weighted by atomic mass is 35.5. The Balaban J connectivity index is 2.47. The van der Waals surface area contributed by atoms with E-state index in [1.54, 1.807) is 0 Å². The van der Waals surface area contributed by atoms with Crippen LogP contribution in [-0.2, 0) is 14.9 Å². The fourth-order valence-electron chi connectivity index (χ4n) is 1.87. The number of hydrogen-bond donors (Lipinski definition) is 1. The Morgan fingerprint density at radius 1 is 1.04 bits per heavy atom. The molecule has 9 heteroatoms. The van der Waals surface area contributed by atoms with Gasteiger partial charge in [0.05, 0.1) is 12.8 Å². The topological polar surface area (TPSA) is 81.7 Å². The van der Waals surface area contributed by atoms with Crippen LogP contribution in [0.5, 0.6) is 11.5 Å². The van der Waals surface area contributed by atoms with E-state index >= 15 is 0 Å². The minimum absolute atomic E-state index is 0.0782. The molecule has 0 aliphatic carbocycles. The van der Waals surface area contributed by atoms with E-state index in [0.717, 1.165) is 0 Å². The van der Waals surface area contributed by atoms with Gasteiger partial charge in [-0.15, -0.1) is 0 Å². The van der Waals surface area contributed by atoms with Gasteiger partial charge in [-0.3, -0.25) is 4.79 Å². The third-order valence-corrected chi connectivity index (χ3v) is 4.57. The normalized spacial score (nSPS) is 11.0. The number of anilines is 1. The first kappa shape index (κ1) is 18.4. The molecule has 0 heterocycles. The van der Waals surface area contributed by atoms with Crippen molar-refractivity contribution in [1.29, 1.82) is 0 Å². The first-order chi connectivity index (χ1) is 11.2. The lowest BCUT2D eigenvalue weighted by Gasteiger charge is -2.14. The first-order valence-electron chi connectivity index (χ1n) is 6.58. The fourth-order valence-corrected chi connectivity index (χ4v) is 3.42. The van der Waals surface area contributed by atoms with Gasteiger partial charge in [0.2, 0.25) is 5.91 Å². The van der Waals surface area contributed by atoms with Crippen LogP contribution in [0.2, 0.25) is 10.0 Å². The van der Waals surface area contributed by atoms with Gasteiger partial charge in [-0.2, -0.15) is 8.42 Å².